The van der Waals surface area contributed by atoms with Gasteiger partial charge in [-0.3, -0.25) is 0 Å². The Balaban J connectivity index is 1.70. The van der Waals surface area contributed by atoms with Crippen molar-refractivity contribution < 1.29 is 0 Å². The zero-order valence-electron chi connectivity index (χ0n) is 15.3. The molecule has 0 heterocycles. The van der Waals surface area contributed by atoms with Crippen LogP contribution in [0.4, 0.5) is 17.1 Å². The van der Waals surface area contributed by atoms with Crippen molar-refractivity contribution in [3.63, 3.8) is 0 Å². The topological polar surface area (TPSA) is 15.3 Å². The average Bonchev–Trinajstić information content (AvgIpc) is 2.63. The van der Waals surface area contributed by atoms with Gasteiger partial charge in [-0.05, 0) is 66.8 Å². The van der Waals surface area contributed by atoms with Crippen LogP contribution in [0, 0.1) is 6.92 Å². The third-order valence-corrected chi connectivity index (χ3v) is 4.51. The molecule has 0 bridgehead atoms. The number of nitrogens with zero attached hydrogens (tertiary/aromatic N) is 1. The molecule has 3 rings (SSSR count). The van der Waals surface area contributed by atoms with Crippen LogP contribution in [0.1, 0.15) is 16.7 Å². The number of nitrogens with one attached hydrogen (secondary N) is 1. The van der Waals surface area contributed by atoms with Gasteiger partial charge < -0.3 is 10.2 Å². The Morgan fingerprint density at radius 2 is 1.44 bits per heavy atom. The van der Waals surface area contributed by atoms with Gasteiger partial charge >= 0.3 is 0 Å². The second kappa shape index (κ2) is 7.89. The summed E-state index contributed by atoms with van der Waals surface area (Å²) in [5.74, 6) is 0. The van der Waals surface area contributed by atoms with E-state index in [4.69, 9.17) is 0 Å². The van der Waals surface area contributed by atoms with Gasteiger partial charge in [0.05, 0.1) is 0 Å². The van der Waals surface area contributed by atoms with Crippen molar-refractivity contribution in [2.75, 3.05) is 24.3 Å². The Morgan fingerprint density at radius 1 is 0.760 bits per heavy atom. The first-order valence-corrected chi connectivity index (χ1v) is 8.80. The fourth-order valence-corrected chi connectivity index (χ4v) is 2.89. The molecule has 0 spiro atoms. The molecule has 1 N–H and O–H groups in total. The van der Waals surface area contributed by atoms with E-state index in [1.807, 2.05) is 0 Å². The van der Waals surface area contributed by atoms with Crippen LogP contribution in [0.15, 0.2) is 72.8 Å². The number of hydrogen-bond acceptors (Lipinski definition) is 2. The van der Waals surface area contributed by atoms with Gasteiger partial charge in [-0.25, -0.2) is 0 Å². The number of hydrogen-bond donors (Lipinski definition) is 1. The molecule has 0 amide bonds. The maximum Gasteiger partial charge on any atom is 0.0416 e. The third kappa shape index (κ3) is 4.63. The van der Waals surface area contributed by atoms with Gasteiger partial charge in [0.2, 0.25) is 0 Å². The molecule has 0 atom stereocenters. The third-order valence-electron chi connectivity index (χ3n) is 4.51. The van der Waals surface area contributed by atoms with Gasteiger partial charge in [-0.15, -0.1) is 0 Å². The second-order valence-corrected chi connectivity index (χ2v) is 6.70. The van der Waals surface area contributed by atoms with Crippen molar-refractivity contribution in [2.24, 2.45) is 0 Å². The highest BCUT2D eigenvalue weighted by Gasteiger charge is 2.03. The second-order valence-electron chi connectivity index (χ2n) is 6.70. The molecule has 0 unspecified atom stereocenters. The van der Waals surface area contributed by atoms with Gasteiger partial charge in [0.15, 0.2) is 0 Å². The van der Waals surface area contributed by atoms with Gasteiger partial charge in [0.25, 0.3) is 0 Å². The molecule has 25 heavy (non-hydrogen) atoms. The van der Waals surface area contributed by atoms with Gasteiger partial charge in [0.1, 0.15) is 0 Å². The molecule has 0 aliphatic rings. The molecule has 0 aliphatic heterocycles. The lowest BCUT2D eigenvalue weighted by Crippen LogP contribution is -2.08. The molecule has 0 aromatic heterocycles. The molecule has 2 heteroatoms. The van der Waals surface area contributed by atoms with Gasteiger partial charge in [-0.2, -0.15) is 0 Å². The van der Waals surface area contributed by atoms with Crippen LogP contribution >= 0.6 is 0 Å². The van der Waals surface area contributed by atoms with Crippen LogP contribution in [0.2, 0.25) is 0 Å². The number of aryl methyl sites for hydroxylation is 3. The first-order valence-electron chi connectivity index (χ1n) is 8.80. The minimum atomic E-state index is 1.05. The lowest BCUT2D eigenvalue weighted by atomic mass is 10.0. The summed E-state index contributed by atoms with van der Waals surface area (Å²) < 4.78 is 0. The normalized spacial score (nSPS) is 10.5. The maximum absolute atomic E-state index is 3.56. The summed E-state index contributed by atoms with van der Waals surface area (Å²) in [6.45, 7) is 2.15. The fourth-order valence-electron chi connectivity index (χ4n) is 2.89. The summed E-state index contributed by atoms with van der Waals surface area (Å²) in [7, 11) is 4.12. The van der Waals surface area contributed by atoms with Crippen LogP contribution in [-0.2, 0) is 12.8 Å². The van der Waals surface area contributed by atoms with Crippen molar-refractivity contribution in [3.05, 3.63) is 89.5 Å². The lowest BCUT2D eigenvalue weighted by Gasteiger charge is -2.15. The summed E-state index contributed by atoms with van der Waals surface area (Å²) in [6.07, 6.45) is 2.12. The van der Waals surface area contributed by atoms with E-state index in [0.717, 1.165) is 18.5 Å². The SMILES string of the molecule is Cc1ccc(CCc2ccccc2)cc1Nc1ccc(N(C)C)cc1. The predicted octanol–water partition coefficient (Wildman–Crippen LogP) is 5.59. The number of rotatable bonds is 6. The molecular weight excluding hydrogens is 304 g/mol. The fraction of sp³-hybridized carbons (Fsp3) is 0.217. The molecular formula is C23H26N2. The summed E-state index contributed by atoms with van der Waals surface area (Å²) in [4.78, 5) is 2.11. The van der Waals surface area contributed by atoms with Crippen LogP contribution < -0.4 is 10.2 Å². The number of anilines is 3. The Labute approximate surface area is 151 Å². The standard InChI is InChI=1S/C23H26N2/c1-18-9-10-20(12-11-19-7-5-4-6-8-19)17-23(18)24-21-13-15-22(16-14-21)25(2)3/h4-10,13-17,24H,11-12H2,1-3H3. The maximum atomic E-state index is 3.56. The highest BCUT2D eigenvalue weighted by atomic mass is 15.1. The van der Waals surface area contributed by atoms with Gasteiger partial charge in [-0.1, -0.05) is 42.5 Å². The van der Waals surface area contributed by atoms with Crippen molar-refractivity contribution >= 4 is 17.1 Å². The smallest absolute Gasteiger partial charge is 0.0416 e. The minimum absolute atomic E-state index is 1.05. The molecule has 0 fully saturated rings. The zero-order valence-corrected chi connectivity index (χ0v) is 15.3. The first-order chi connectivity index (χ1) is 12.1. The summed E-state index contributed by atoms with van der Waals surface area (Å²) >= 11 is 0. The van der Waals surface area contributed by atoms with E-state index in [0.29, 0.717) is 0 Å². The number of benzene rings is 3. The van der Waals surface area contributed by atoms with E-state index < -0.39 is 0 Å². The molecule has 0 saturated carbocycles. The minimum Gasteiger partial charge on any atom is -0.378 e. The van der Waals surface area contributed by atoms with Crippen LogP contribution in [0.5, 0.6) is 0 Å². The van der Waals surface area contributed by atoms with E-state index in [1.54, 1.807) is 0 Å². The molecule has 3 aromatic rings. The van der Waals surface area contributed by atoms with Crippen molar-refractivity contribution in [1.29, 1.82) is 0 Å². The Kier molecular flexibility index (Phi) is 5.39. The summed E-state index contributed by atoms with van der Waals surface area (Å²) in [5, 5.41) is 3.56. The molecule has 0 aliphatic carbocycles. The van der Waals surface area contributed by atoms with E-state index >= 15 is 0 Å². The lowest BCUT2D eigenvalue weighted by molar-refractivity contribution is 0.960. The summed E-state index contributed by atoms with van der Waals surface area (Å²) in [6, 6.07) is 25.9. The van der Waals surface area contributed by atoms with Crippen LogP contribution in [-0.4, -0.2) is 14.1 Å². The molecule has 0 radical (unpaired) electrons. The molecule has 3 aromatic carbocycles. The monoisotopic (exact) mass is 330 g/mol. The predicted molar refractivity (Wildman–Crippen MR) is 109 cm³/mol. The van der Waals surface area contributed by atoms with Crippen molar-refractivity contribution in [2.45, 2.75) is 19.8 Å². The van der Waals surface area contributed by atoms with Crippen molar-refractivity contribution in [3.8, 4) is 0 Å². The van der Waals surface area contributed by atoms with Crippen LogP contribution in [0.25, 0.3) is 0 Å². The molecule has 128 valence electrons. The molecule has 0 saturated heterocycles. The van der Waals surface area contributed by atoms with Gasteiger partial charge in [0, 0.05) is 31.2 Å². The Bertz CT molecular complexity index is 805. The van der Waals surface area contributed by atoms with E-state index in [2.05, 4.69) is 104 Å². The highest BCUT2D eigenvalue weighted by molar-refractivity contribution is 5.65. The first kappa shape index (κ1) is 17.1. The summed E-state index contributed by atoms with van der Waals surface area (Å²) in [5.41, 5.74) is 7.52. The largest absolute Gasteiger partial charge is 0.378 e. The Hall–Kier alpha value is -2.74. The Morgan fingerprint density at radius 3 is 2.12 bits per heavy atom. The molecule has 2 nitrogen and oxygen atoms in total. The van der Waals surface area contributed by atoms with E-state index in [-0.39, 0.29) is 0 Å². The highest BCUT2D eigenvalue weighted by Crippen LogP contribution is 2.24. The van der Waals surface area contributed by atoms with Crippen LogP contribution in [0.3, 0.4) is 0 Å². The van der Waals surface area contributed by atoms with E-state index in [9.17, 15) is 0 Å². The zero-order chi connectivity index (χ0) is 17.6. The average molecular weight is 330 g/mol. The van der Waals surface area contributed by atoms with E-state index in [1.165, 1.54) is 28.1 Å². The quantitative estimate of drug-likeness (QED) is 0.634. The van der Waals surface area contributed by atoms with Crippen molar-refractivity contribution in [1.82, 2.24) is 0 Å².